The highest BCUT2D eigenvalue weighted by atomic mass is 16.5. The number of anilines is 1. The second-order valence-electron chi connectivity index (χ2n) is 7.90. The number of piperazine rings is 1. The zero-order chi connectivity index (χ0) is 21.9. The second kappa shape index (κ2) is 8.70. The Morgan fingerprint density at radius 1 is 1.00 bits per heavy atom. The number of hydrogen-bond donors (Lipinski definition) is 1. The minimum atomic E-state index is 0.149. The molecule has 1 aliphatic rings. The maximum Gasteiger partial charge on any atom is 0.227 e. The lowest BCUT2D eigenvalue weighted by Gasteiger charge is -2.35. The molecule has 0 unspecified atom stereocenters. The lowest BCUT2D eigenvalue weighted by Crippen LogP contribution is -2.49. The fourth-order valence-corrected chi connectivity index (χ4v) is 4.15. The highest BCUT2D eigenvalue weighted by Crippen LogP contribution is 2.29. The number of rotatable bonds is 5. The number of H-pyrrole nitrogens is 1. The van der Waals surface area contributed by atoms with Gasteiger partial charge in [0.25, 0.3) is 0 Å². The first kappa shape index (κ1) is 20.1. The van der Waals surface area contributed by atoms with Crippen LogP contribution in [-0.4, -0.2) is 59.0 Å². The van der Waals surface area contributed by atoms with Gasteiger partial charge < -0.3 is 19.5 Å². The molecular weight excluding hydrogens is 402 g/mol. The Hall–Kier alpha value is -3.87. The van der Waals surface area contributed by atoms with Crippen LogP contribution in [0.2, 0.25) is 0 Å². The number of amides is 1. The van der Waals surface area contributed by atoms with Crippen molar-refractivity contribution in [2.75, 3.05) is 38.2 Å². The molecule has 0 bridgehead atoms. The van der Waals surface area contributed by atoms with Gasteiger partial charge in [-0.05, 0) is 29.3 Å². The number of aromatic amines is 1. The van der Waals surface area contributed by atoms with Crippen LogP contribution in [0.15, 0.2) is 67.0 Å². The molecule has 0 radical (unpaired) electrons. The Kier molecular flexibility index (Phi) is 5.46. The van der Waals surface area contributed by atoms with Crippen molar-refractivity contribution < 1.29 is 9.53 Å². The van der Waals surface area contributed by atoms with Crippen molar-refractivity contribution in [3.8, 4) is 17.0 Å². The Labute approximate surface area is 186 Å². The van der Waals surface area contributed by atoms with E-state index in [0.29, 0.717) is 19.5 Å². The van der Waals surface area contributed by atoms with Crippen LogP contribution in [0, 0.1) is 0 Å². The van der Waals surface area contributed by atoms with E-state index < -0.39 is 0 Å². The van der Waals surface area contributed by atoms with E-state index in [1.54, 1.807) is 13.4 Å². The minimum absolute atomic E-state index is 0.149. The lowest BCUT2D eigenvalue weighted by atomic mass is 10.1. The van der Waals surface area contributed by atoms with Crippen LogP contribution in [0.5, 0.6) is 5.75 Å². The van der Waals surface area contributed by atoms with Crippen LogP contribution >= 0.6 is 0 Å². The highest BCUT2D eigenvalue weighted by Gasteiger charge is 2.24. The molecule has 5 rings (SSSR count). The molecule has 2 aromatic carbocycles. The van der Waals surface area contributed by atoms with Gasteiger partial charge in [-0.25, -0.2) is 9.97 Å². The third-order valence-electron chi connectivity index (χ3n) is 5.94. The molecule has 4 aromatic rings. The molecule has 2 aromatic heterocycles. The molecule has 1 saturated heterocycles. The van der Waals surface area contributed by atoms with Gasteiger partial charge in [0.15, 0.2) is 0 Å². The number of nitrogens with one attached hydrogen (secondary N) is 1. The topological polar surface area (TPSA) is 74.3 Å². The van der Waals surface area contributed by atoms with Gasteiger partial charge >= 0.3 is 0 Å². The van der Waals surface area contributed by atoms with Gasteiger partial charge in [0, 0.05) is 31.9 Å². The molecule has 162 valence electrons. The van der Waals surface area contributed by atoms with Gasteiger partial charge in [-0.1, -0.05) is 42.5 Å². The van der Waals surface area contributed by atoms with Crippen LogP contribution in [0.3, 0.4) is 0 Å². The summed E-state index contributed by atoms with van der Waals surface area (Å²) in [6, 6.07) is 20.0. The summed E-state index contributed by atoms with van der Waals surface area (Å²) in [6.07, 6.45) is 2.00. The molecule has 0 saturated carbocycles. The molecule has 0 spiro atoms. The Morgan fingerprint density at radius 2 is 1.75 bits per heavy atom. The first-order chi connectivity index (χ1) is 15.7. The summed E-state index contributed by atoms with van der Waals surface area (Å²) >= 11 is 0. The fourth-order valence-electron chi connectivity index (χ4n) is 4.15. The molecule has 0 aliphatic carbocycles. The zero-order valence-corrected chi connectivity index (χ0v) is 18.0. The van der Waals surface area contributed by atoms with E-state index in [4.69, 9.17) is 4.74 Å². The summed E-state index contributed by atoms with van der Waals surface area (Å²) in [4.78, 5) is 29.4. The largest absolute Gasteiger partial charge is 0.497 e. The Bertz CT molecular complexity index is 1210. The second-order valence-corrected chi connectivity index (χ2v) is 7.90. The maximum absolute atomic E-state index is 12.8. The van der Waals surface area contributed by atoms with E-state index in [-0.39, 0.29) is 5.91 Å². The SMILES string of the molecule is COc1ccc(CC(=O)N2CCN(c3ncnc4[nH]c(-c5ccccc5)cc34)CC2)cc1. The number of aromatic nitrogens is 3. The number of methoxy groups -OCH3 is 1. The van der Waals surface area contributed by atoms with Crippen molar-refractivity contribution in [1.29, 1.82) is 0 Å². The summed E-state index contributed by atoms with van der Waals surface area (Å²) in [5, 5.41) is 1.00. The number of nitrogens with zero attached hydrogens (tertiary/aromatic N) is 4. The number of fused-ring (bicyclic) bond motifs is 1. The molecule has 3 heterocycles. The summed E-state index contributed by atoms with van der Waals surface area (Å²) in [6.45, 7) is 2.84. The average Bonchev–Trinajstić information content (AvgIpc) is 3.30. The lowest BCUT2D eigenvalue weighted by molar-refractivity contribution is -0.130. The van der Waals surface area contributed by atoms with Crippen molar-refractivity contribution in [1.82, 2.24) is 19.9 Å². The normalized spacial score (nSPS) is 14.0. The van der Waals surface area contributed by atoms with Gasteiger partial charge in [-0.2, -0.15) is 0 Å². The van der Waals surface area contributed by atoms with Crippen LogP contribution in [0.25, 0.3) is 22.3 Å². The van der Waals surface area contributed by atoms with E-state index in [1.165, 1.54) is 0 Å². The zero-order valence-electron chi connectivity index (χ0n) is 18.0. The standard InChI is InChI=1S/C25H25N5O2/c1-32-20-9-7-18(8-10-20)15-23(31)29-11-13-30(14-12-29)25-21-16-22(19-5-3-2-4-6-19)28-24(21)26-17-27-25/h2-10,16-17H,11-15H2,1H3,(H,26,27,28). The van der Waals surface area contributed by atoms with Gasteiger partial charge in [-0.15, -0.1) is 0 Å². The number of hydrogen-bond acceptors (Lipinski definition) is 5. The maximum atomic E-state index is 12.8. The molecule has 7 heteroatoms. The van der Waals surface area contributed by atoms with Crippen LogP contribution in [0.1, 0.15) is 5.56 Å². The van der Waals surface area contributed by atoms with Crippen LogP contribution in [-0.2, 0) is 11.2 Å². The van der Waals surface area contributed by atoms with Crippen molar-refractivity contribution in [3.05, 3.63) is 72.6 Å². The predicted octanol–water partition coefficient (Wildman–Crippen LogP) is 3.52. The number of carbonyl (C=O) groups excluding carboxylic acids is 1. The van der Waals surface area contributed by atoms with Gasteiger partial charge in [0.1, 0.15) is 23.5 Å². The average molecular weight is 428 g/mol. The van der Waals surface area contributed by atoms with Crippen LogP contribution in [0.4, 0.5) is 5.82 Å². The van der Waals surface area contributed by atoms with E-state index in [2.05, 4.69) is 38.1 Å². The Morgan fingerprint density at radius 3 is 2.47 bits per heavy atom. The summed E-state index contributed by atoms with van der Waals surface area (Å²) < 4.78 is 5.19. The van der Waals surface area contributed by atoms with E-state index in [1.807, 2.05) is 47.4 Å². The molecule has 1 aliphatic heterocycles. The van der Waals surface area contributed by atoms with Crippen molar-refractivity contribution in [2.45, 2.75) is 6.42 Å². The third-order valence-corrected chi connectivity index (χ3v) is 5.94. The first-order valence-electron chi connectivity index (χ1n) is 10.8. The molecule has 0 atom stereocenters. The minimum Gasteiger partial charge on any atom is -0.497 e. The molecule has 1 amide bonds. The number of ether oxygens (including phenoxy) is 1. The number of carbonyl (C=O) groups is 1. The molecule has 7 nitrogen and oxygen atoms in total. The third kappa shape index (κ3) is 4.01. The van der Waals surface area contributed by atoms with Crippen LogP contribution < -0.4 is 9.64 Å². The first-order valence-corrected chi connectivity index (χ1v) is 10.8. The fraction of sp³-hybridized carbons (Fsp3) is 0.240. The van der Waals surface area contributed by atoms with Crippen molar-refractivity contribution in [2.24, 2.45) is 0 Å². The monoisotopic (exact) mass is 427 g/mol. The molecule has 1 N–H and O–H groups in total. The van der Waals surface area contributed by atoms with Gasteiger partial charge in [-0.3, -0.25) is 4.79 Å². The van der Waals surface area contributed by atoms with Crippen molar-refractivity contribution in [3.63, 3.8) is 0 Å². The summed E-state index contributed by atoms with van der Waals surface area (Å²) in [7, 11) is 1.64. The van der Waals surface area contributed by atoms with Crippen molar-refractivity contribution >= 4 is 22.8 Å². The van der Waals surface area contributed by atoms with Gasteiger partial charge in [0.2, 0.25) is 5.91 Å². The number of benzene rings is 2. The van der Waals surface area contributed by atoms with Gasteiger partial charge in [0.05, 0.1) is 18.9 Å². The van der Waals surface area contributed by atoms with E-state index >= 15 is 0 Å². The molecule has 1 fully saturated rings. The predicted molar refractivity (Wildman–Crippen MR) is 125 cm³/mol. The molecular formula is C25H25N5O2. The Balaban J connectivity index is 1.27. The smallest absolute Gasteiger partial charge is 0.227 e. The summed E-state index contributed by atoms with van der Waals surface area (Å²) in [5.41, 5.74) is 3.96. The van der Waals surface area contributed by atoms with E-state index in [9.17, 15) is 4.79 Å². The van der Waals surface area contributed by atoms with E-state index in [0.717, 1.165) is 52.5 Å². The summed E-state index contributed by atoms with van der Waals surface area (Å²) in [5.74, 6) is 1.86. The molecule has 32 heavy (non-hydrogen) atoms. The quantitative estimate of drug-likeness (QED) is 0.528. The highest BCUT2D eigenvalue weighted by molar-refractivity contribution is 5.92.